The molecule has 1 fully saturated rings. The molecule has 0 atom stereocenters. The lowest BCUT2D eigenvalue weighted by Crippen LogP contribution is -2.56. The highest BCUT2D eigenvalue weighted by Gasteiger charge is 2.33. The van der Waals surface area contributed by atoms with Crippen LogP contribution in [0.2, 0.25) is 0 Å². The smallest absolute Gasteiger partial charge is 0.257 e. The second kappa shape index (κ2) is 4.76. The maximum Gasteiger partial charge on any atom is 0.257 e. The fourth-order valence-electron chi connectivity index (χ4n) is 1.95. The van der Waals surface area contributed by atoms with Crippen molar-refractivity contribution in [1.82, 2.24) is 4.90 Å². The maximum atomic E-state index is 12.7. The molecule has 1 saturated heterocycles. The van der Waals surface area contributed by atoms with Crippen molar-refractivity contribution in [1.29, 1.82) is 0 Å². The molecule has 1 aromatic heterocycles. The van der Waals surface area contributed by atoms with Gasteiger partial charge in [0.25, 0.3) is 5.91 Å². The van der Waals surface area contributed by atoms with E-state index in [0.717, 1.165) is 0 Å². The third-order valence-electron chi connectivity index (χ3n) is 3.02. The molecule has 4 nitrogen and oxygen atoms in total. The van der Waals surface area contributed by atoms with Crippen molar-refractivity contribution in [3.8, 4) is 5.75 Å². The van der Waals surface area contributed by atoms with Gasteiger partial charge in [0.05, 0.1) is 24.9 Å². The molecule has 5 heteroatoms. The molecule has 19 heavy (non-hydrogen) atoms. The number of nitrogens with zero attached hydrogens (tertiary/aromatic N) is 1. The minimum Gasteiger partial charge on any atom is -0.487 e. The molecule has 0 radical (unpaired) electrons. The zero-order valence-electron chi connectivity index (χ0n) is 10.1. The van der Waals surface area contributed by atoms with Crippen LogP contribution in [0.1, 0.15) is 10.4 Å². The van der Waals surface area contributed by atoms with Crippen LogP contribution < -0.4 is 4.74 Å². The molecule has 2 aromatic rings. The van der Waals surface area contributed by atoms with E-state index in [-0.39, 0.29) is 17.8 Å². The van der Waals surface area contributed by atoms with Gasteiger partial charge in [0.15, 0.2) is 0 Å². The summed E-state index contributed by atoms with van der Waals surface area (Å²) >= 11 is 0. The van der Waals surface area contributed by atoms with Gasteiger partial charge < -0.3 is 14.1 Å². The van der Waals surface area contributed by atoms with Crippen LogP contribution in [0.4, 0.5) is 4.39 Å². The van der Waals surface area contributed by atoms with E-state index in [4.69, 9.17) is 9.15 Å². The van der Waals surface area contributed by atoms with Crippen molar-refractivity contribution in [3.05, 3.63) is 54.2 Å². The number of carbonyl (C=O) groups excluding carboxylic acids is 1. The van der Waals surface area contributed by atoms with Gasteiger partial charge in [0, 0.05) is 0 Å². The fraction of sp³-hybridized carbons (Fsp3) is 0.214. The van der Waals surface area contributed by atoms with E-state index in [1.165, 1.54) is 24.7 Å². The van der Waals surface area contributed by atoms with Crippen LogP contribution in [-0.2, 0) is 0 Å². The first kappa shape index (κ1) is 11.8. The highest BCUT2D eigenvalue weighted by molar-refractivity contribution is 5.94. The summed E-state index contributed by atoms with van der Waals surface area (Å²) in [5.74, 6) is 0.257. The quantitative estimate of drug-likeness (QED) is 0.851. The molecular weight excluding hydrogens is 249 g/mol. The highest BCUT2D eigenvalue weighted by Crippen LogP contribution is 2.20. The largest absolute Gasteiger partial charge is 0.487 e. The summed E-state index contributed by atoms with van der Waals surface area (Å²) in [5.41, 5.74) is 0.542. The van der Waals surface area contributed by atoms with E-state index in [2.05, 4.69) is 0 Å². The van der Waals surface area contributed by atoms with Crippen molar-refractivity contribution in [2.75, 3.05) is 13.1 Å². The van der Waals surface area contributed by atoms with Crippen molar-refractivity contribution in [2.45, 2.75) is 6.10 Å². The number of rotatable bonds is 3. The van der Waals surface area contributed by atoms with Gasteiger partial charge in [-0.15, -0.1) is 0 Å². The third-order valence-corrected chi connectivity index (χ3v) is 3.02. The summed E-state index contributed by atoms with van der Waals surface area (Å²) in [6.07, 6.45) is 2.86. The Labute approximate surface area is 109 Å². The molecule has 0 saturated carbocycles. The fourth-order valence-corrected chi connectivity index (χ4v) is 1.95. The van der Waals surface area contributed by atoms with Crippen LogP contribution in [0, 0.1) is 5.82 Å². The Morgan fingerprint density at radius 1 is 1.26 bits per heavy atom. The number of carbonyl (C=O) groups is 1. The molecule has 1 amide bonds. The van der Waals surface area contributed by atoms with Crippen LogP contribution in [-0.4, -0.2) is 30.0 Å². The predicted octanol–water partition coefficient (Wildman–Crippen LogP) is 2.32. The first-order chi connectivity index (χ1) is 9.22. The predicted molar refractivity (Wildman–Crippen MR) is 65.4 cm³/mol. The van der Waals surface area contributed by atoms with Crippen molar-refractivity contribution >= 4 is 5.91 Å². The summed E-state index contributed by atoms with van der Waals surface area (Å²) in [4.78, 5) is 13.6. The topological polar surface area (TPSA) is 42.7 Å². The van der Waals surface area contributed by atoms with E-state index in [1.54, 1.807) is 23.1 Å². The van der Waals surface area contributed by atoms with E-state index >= 15 is 0 Å². The summed E-state index contributed by atoms with van der Waals surface area (Å²) in [5, 5.41) is 0. The van der Waals surface area contributed by atoms with E-state index in [1.807, 2.05) is 0 Å². The number of ether oxygens (including phenoxy) is 1. The monoisotopic (exact) mass is 261 g/mol. The standard InChI is InChI=1S/C14H12FNO3/c15-11-1-3-12(4-2-11)19-13-7-16(8-13)14(17)10-5-6-18-9-10/h1-6,9,13H,7-8H2. The Balaban J connectivity index is 1.53. The first-order valence-electron chi connectivity index (χ1n) is 5.96. The molecule has 0 unspecified atom stereocenters. The number of likely N-dealkylation sites (tertiary alicyclic amines) is 1. The average Bonchev–Trinajstić information content (AvgIpc) is 2.88. The van der Waals surface area contributed by atoms with Crippen LogP contribution >= 0.6 is 0 Å². The zero-order chi connectivity index (χ0) is 13.2. The number of hydrogen-bond donors (Lipinski definition) is 0. The Bertz CT molecular complexity index is 559. The van der Waals surface area contributed by atoms with Gasteiger partial charge in [-0.25, -0.2) is 4.39 Å². The second-order valence-electron chi connectivity index (χ2n) is 4.42. The molecule has 0 bridgehead atoms. The van der Waals surface area contributed by atoms with E-state index < -0.39 is 0 Å². The summed E-state index contributed by atoms with van der Waals surface area (Å²) in [6, 6.07) is 7.49. The zero-order valence-corrected chi connectivity index (χ0v) is 10.1. The molecule has 0 N–H and O–H groups in total. The number of furan rings is 1. The maximum absolute atomic E-state index is 12.7. The lowest BCUT2D eigenvalue weighted by molar-refractivity contribution is 0.0177. The molecule has 2 heterocycles. The second-order valence-corrected chi connectivity index (χ2v) is 4.42. The van der Waals surface area contributed by atoms with Crippen LogP contribution in [0.3, 0.4) is 0 Å². The first-order valence-corrected chi connectivity index (χ1v) is 5.96. The normalized spacial score (nSPS) is 15.1. The summed E-state index contributed by atoms with van der Waals surface area (Å²) < 4.78 is 23.2. The third kappa shape index (κ3) is 2.45. The van der Waals surface area contributed by atoms with Gasteiger partial charge in [-0.2, -0.15) is 0 Å². The summed E-state index contributed by atoms with van der Waals surface area (Å²) in [6.45, 7) is 1.06. The number of benzene rings is 1. The molecule has 0 aliphatic carbocycles. The SMILES string of the molecule is O=C(c1ccoc1)N1CC(Oc2ccc(F)cc2)C1. The van der Waals surface area contributed by atoms with E-state index in [9.17, 15) is 9.18 Å². The minimum absolute atomic E-state index is 0.0405. The van der Waals surface area contributed by atoms with Crippen LogP contribution in [0.25, 0.3) is 0 Å². The number of halogens is 1. The van der Waals surface area contributed by atoms with Gasteiger partial charge in [-0.05, 0) is 30.3 Å². The van der Waals surface area contributed by atoms with Gasteiger partial charge >= 0.3 is 0 Å². The van der Waals surface area contributed by atoms with Crippen molar-refractivity contribution in [2.24, 2.45) is 0 Å². The van der Waals surface area contributed by atoms with Gasteiger partial charge in [-0.3, -0.25) is 4.79 Å². The highest BCUT2D eigenvalue weighted by atomic mass is 19.1. The Kier molecular flexibility index (Phi) is 2.95. The molecule has 3 rings (SSSR count). The Hall–Kier alpha value is -2.30. The average molecular weight is 261 g/mol. The van der Waals surface area contributed by atoms with Gasteiger partial charge in [0.2, 0.25) is 0 Å². The lowest BCUT2D eigenvalue weighted by Gasteiger charge is -2.38. The molecule has 0 spiro atoms. The Morgan fingerprint density at radius 2 is 2.00 bits per heavy atom. The molecular formula is C14H12FNO3. The lowest BCUT2D eigenvalue weighted by atomic mass is 10.1. The van der Waals surface area contributed by atoms with Crippen LogP contribution in [0.5, 0.6) is 5.75 Å². The minimum atomic E-state index is -0.294. The van der Waals surface area contributed by atoms with Gasteiger partial charge in [-0.1, -0.05) is 0 Å². The van der Waals surface area contributed by atoms with Crippen LogP contribution in [0.15, 0.2) is 47.3 Å². The van der Waals surface area contributed by atoms with Crippen molar-refractivity contribution < 1.29 is 18.3 Å². The number of hydrogen-bond acceptors (Lipinski definition) is 3. The molecule has 1 aliphatic heterocycles. The molecule has 1 aromatic carbocycles. The molecule has 1 aliphatic rings. The number of amides is 1. The molecule has 98 valence electrons. The van der Waals surface area contributed by atoms with Gasteiger partial charge in [0.1, 0.15) is 23.9 Å². The Morgan fingerprint density at radius 3 is 2.63 bits per heavy atom. The summed E-state index contributed by atoms with van der Waals surface area (Å²) in [7, 11) is 0. The van der Waals surface area contributed by atoms with E-state index in [0.29, 0.717) is 24.4 Å². The van der Waals surface area contributed by atoms with Crippen molar-refractivity contribution in [3.63, 3.8) is 0 Å².